The molecule has 1 aliphatic heterocycles. The molecule has 0 bridgehead atoms. The molecule has 1 N–H and O–H groups in total. The van der Waals surface area contributed by atoms with Crippen LogP contribution in [0.25, 0.3) is 10.4 Å². The Morgan fingerprint density at radius 1 is 1.03 bits per heavy atom. The Morgan fingerprint density at radius 3 is 2.50 bits per heavy atom. The van der Waals surface area contributed by atoms with E-state index < -0.39 is 0 Å². The first-order chi connectivity index (χ1) is 14.7. The van der Waals surface area contributed by atoms with Gasteiger partial charge < -0.3 is 15.0 Å². The van der Waals surface area contributed by atoms with Crippen LogP contribution in [0.2, 0.25) is 0 Å². The Morgan fingerprint density at radius 2 is 1.77 bits per heavy atom. The van der Waals surface area contributed by atoms with Crippen molar-refractivity contribution < 1.29 is 14.3 Å². The highest BCUT2D eigenvalue weighted by Crippen LogP contribution is 2.37. The number of likely N-dealkylation sites (tertiary alicyclic amines) is 1. The molecule has 4 rings (SSSR count). The number of anilines is 1. The van der Waals surface area contributed by atoms with E-state index in [0.717, 1.165) is 42.8 Å². The normalized spacial score (nSPS) is 13.7. The van der Waals surface area contributed by atoms with Crippen LogP contribution < -0.4 is 10.1 Å². The van der Waals surface area contributed by atoms with Gasteiger partial charge in [-0.05, 0) is 43.0 Å². The standard InChI is InChI=1S/C23H23N3O3S/c27-21(26-13-5-2-6-14-26)16-29-19-15-20(17-7-3-1-4-8-17)30-22(19)23(28)25-18-9-11-24-12-10-18/h1,3-4,7-12,15H,2,5-6,13-14,16H2,(H,24,25,28). The number of pyridine rings is 1. The number of piperidine rings is 1. The van der Waals surface area contributed by atoms with Crippen LogP contribution in [0.3, 0.4) is 0 Å². The SMILES string of the molecule is O=C(Nc1ccncc1)c1sc(-c2ccccc2)cc1OCC(=O)N1CCCCC1. The second-order valence-electron chi connectivity index (χ2n) is 7.09. The lowest BCUT2D eigenvalue weighted by Gasteiger charge is -2.26. The number of rotatable bonds is 6. The van der Waals surface area contributed by atoms with Gasteiger partial charge in [0, 0.05) is 36.0 Å². The summed E-state index contributed by atoms with van der Waals surface area (Å²) in [5, 5.41) is 2.87. The van der Waals surface area contributed by atoms with Gasteiger partial charge in [0.05, 0.1) is 0 Å². The predicted molar refractivity (Wildman–Crippen MR) is 118 cm³/mol. The molecule has 0 radical (unpaired) electrons. The lowest BCUT2D eigenvalue weighted by Crippen LogP contribution is -2.38. The molecule has 30 heavy (non-hydrogen) atoms. The van der Waals surface area contributed by atoms with E-state index in [9.17, 15) is 9.59 Å². The number of amides is 2. The number of carbonyl (C=O) groups excluding carboxylic acids is 2. The van der Waals surface area contributed by atoms with E-state index in [2.05, 4.69) is 10.3 Å². The molecular weight excluding hydrogens is 398 g/mol. The highest BCUT2D eigenvalue weighted by Gasteiger charge is 2.22. The topological polar surface area (TPSA) is 71.5 Å². The number of nitrogens with one attached hydrogen (secondary N) is 1. The minimum atomic E-state index is -0.270. The number of aromatic nitrogens is 1. The summed E-state index contributed by atoms with van der Waals surface area (Å²) in [6.07, 6.45) is 6.46. The first-order valence-electron chi connectivity index (χ1n) is 10.0. The summed E-state index contributed by atoms with van der Waals surface area (Å²) < 4.78 is 5.86. The summed E-state index contributed by atoms with van der Waals surface area (Å²) in [4.78, 5) is 32.6. The molecule has 3 heterocycles. The van der Waals surface area contributed by atoms with Crippen molar-refractivity contribution in [1.82, 2.24) is 9.88 Å². The monoisotopic (exact) mass is 421 g/mol. The van der Waals surface area contributed by atoms with Crippen molar-refractivity contribution in [3.8, 4) is 16.2 Å². The first-order valence-corrected chi connectivity index (χ1v) is 10.8. The van der Waals surface area contributed by atoms with E-state index in [-0.39, 0.29) is 18.4 Å². The van der Waals surface area contributed by atoms with E-state index in [1.165, 1.54) is 11.3 Å². The fraction of sp³-hybridized carbons (Fsp3) is 0.261. The quantitative estimate of drug-likeness (QED) is 0.638. The van der Waals surface area contributed by atoms with Gasteiger partial charge in [-0.15, -0.1) is 11.3 Å². The van der Waals surface area contributed by atoms with Gasteiger partial charge in [-0.25, -0.2) is 0 Å². The number of ether oxygens (including phenoxy) is 1. The van der Waals surface area contributed by atoms with Crippen molar-refractivity contribution in [2.24, 2.45) is 0 Å². The Kier molecular flexibility index (Phi) is 6.39. The molecule has 2 amide bonds. The fourth-order valence-corrected chi connectivity index (χ4v) is 4.38. The molecule has 7 heteroatoms. The Labute approximate surface area is 179 Å². The maximum atomic E-state index is 12.9. The largest absolute Gasteiger partial charge is 0.482 e. The van der Waals surface area contributed by atoms with Crippen molar-refractivity contribution in [3.63, 3.8) is 0 Å². The van der Waals surface area contributed by atoms with Gasteiger partial charge >= 0.3 is 0 Å². The van der Waals surface area contributed by atoms with Gasteiger partial charge in [0.1, 0.15) is 10.6 Å². The number of nitrogens with zero attached hydrogens (tertiary/aromatic N) is 2. The summed E-state index contributed by atoms with van der Waals surface area (Å²) in [7, 11) is 0. The molecule has 1 aromatic carbocycles. The van der Waals surface area contributed by atoms with Crippen LogP contribution in [0.15, 0.2) is 60.9 Å². The number of benzene rings is 1. The van der Waals surface area contributed by atoms with E-state index in [1.54, 1.807) is 24.5 Å². The molecule has 3 aromatic rings. The molecule has 0 spiro atoms. The number of hydrogen-bond donors (Lipinski definition) is 1. The van der Waals surface area contributed by atoms with Crippen molar-refractivity contribution in [2.45, 2.75) is 19.3 Å². The van der Waals surface area contributed by atoms with E-state index >= 15 is 0 Å². The van der Waals surface area contributed by atoms with Crippen LogP contribution in [0.1, 0.15) is 28.9 Å². The zero-order valence-corrected chi connectivity index (χ0v) is 17.4. The molecule has 0 atom stereocenters. The highest BCUT2D eigenvalue weighted by molar-refractivity contribution is 7.17. The lowest BCUT2D eigenvalue weighted by molar-refractivity contribution is -0.134. The minimum Gasteiger partial charge on any atom is -0.482 e. The van der Waals surface area contributed by atoms with Crippen molar-refractivity contribution in [3.05, 3.63) is 65.8 Å². The maximum Gasteiger partial charge on any atom is 0.269 e. The van der Waals surface area contributed by atoms with Crippen LogP contribution >= 0.6 is 11.3 Å². The van der Waals surface area contributed by atoms with E-state index in [1.807, 2.05) is 41.3 Å². The third-order valence-corrected chi connectivity index (χ3v) is 6.12. The Bertz CT molecular complexity index is 999. The van der Waals surface area contributed by atoms with Gasteiger partial charge in [-0.3, -0.25) is 14.6 Å². The third kappa shape index (κ3) is 4.86. The van der Waals surface area contributed by atoms with Crippen molar-refractivity contribution in [1.29, 1.82) is 0 Å². The predicted octanol–water partition coefficient (Wildman–Crippen LogP) is 4.45. The molecule has 2 aromatic heterocycles. The molecule has 0 unspecified atom stereocenters. The molecule has 6 nitrogen and oxygen atoms in total. The summed E-state index contributed by atoms with van der Waals surface area (Å²) in [6.45, 7) is 1.48. The number of carbonyl (C=O) groups is 2. The van der Waals surface area contributed by atoms with Crippen LogP contribution in [0, 0.1) is 0 Å². The second kappa shape index (κ2) is 9.54. The summed E-state index contributed by atoms with van der Waals surface area (Å²) in [6, 6.07) is 15.1. The molecule has 1 fully saturated rings. The van der Waals surface area contributed by atoms with Crippen LogP contribution in [0.5, 0.6) is 5.75 Å². The molecule has 0 saturated carbocycles. The fourth-order valence-electron chi connectivity index (χ4n) is 3.38. The molecule has 0 aliphatic carbocycles. The van der Waals surface area contributed by atoms with E-state index in [0.29, 0.717) is 16.3 Å². The zero-order chi connectivity index (χ0) is 20.8. The minimum absolute atomic E-state index is 0.0392. The molecule has 1 saturated heterocycles. The molecular formula is C23H23N3O3S. The number of thiophene rings is 1. The van der Waals surface area contributed by atoms with Crippen molar-refractivity contribution in [2.75, 3.05) is 25.0 Å². The summed E-state index contributed by atoms with van der Waals surface area (Å²) >= 11 is 1.35. The third-order valence-electron chi connectivity index (χ3n) is 4.96. The van der Waals surface area contributed by atoms with Crippen LogP contribution in [-0.4, -0.2) is 41.4 Å². The first kappa shape index (κ1) is 20.1. The Balaban J connectivity index is 1.54. The summed E-state index contributed by atoms with van der Waals surface area (Å²) in [5.74, 6) is 0.118. The highest BCUT2D eigenvalue weighted by atomic mass is 32.1. The average Bonchev–Trinajstić information content (AvgIpc) is 3.24. The Hall–Kier alpha value is -3.19. The van der Waals surface area contributed by atoms with E-state index in [4.69, 9.17) is 4.74 Å². The van der Waals surface area contributed by atoms with Crippen molar-refractivity contribution >= 4 is 28.8 Å². The molecule has 1 aliphatic rings. The van der Waals surface area contributed by atoms with Crippen LogP contribution in [0.4, 0.5) is 5.69 Å². The second-order valence-corrected chi connectivity index (χ2v) is 8.14. The van der Waals surface area contributed by atoms with Gasteiger partial charge in [-0.1, -0.05) is 30.3 Å². The lowest BCUT2D eigenvalue weighted by atomic mass is 10.1. The number of hydrogen-bond acceptors (Lipinski definition) is 5. The molecule has 154 valence electrons. The van der Waals surface area contributed by atoms with Gasteiger partial charge in [0.15, 0.2) is 6.61 Å². The summed E-state index contributed by atoms with van der Waals surface area (Å²) in [5.41, 5.74) is 1.65. The van der Waals surface area contributed by atoms with Gasteiger partial charge in [0.25, 0.3) is 11.8 Å². The van der Waals surface area contributed by atoms with Gasteiger partial charge in [0.2, 0.25) is 0 Å². The average molecular weight is 422 g/mol. The van der Waals surface area contributed by atoms with Gasteiger partial charge in [-0.2, -0.15) is 0 Å². The maximum absolute atomic E-state index is 12.9. The smallest absolute Gasteiger partial charge is 0.269 e. The zero-order valence-electron chi connectivity index (χ0n) is 16.5. The van der Waals surface area contributed by atoms with Crippen LogP contribution in [-0.2, 0) is 4.79 Å².